The number of carboxylic acids is 1. The molecule has 7 nitrogen and oxygen atoms in total. The molecule has 0 saturated heterocycles. The largest absolute Gasteiger partial charge is 0.478 e. The molecule has 116 valence electrons. The second kappa shape index (κ2) is 6.59. The Morgan fingerprint density at radius 3 is 2.43 bits per heavy atom. The van der Waals surface area contributed by atoms with Gasteiger partial charge in [0.05, 0.1) is 5.56 Å². The maximum Gasteiger partial charge on any atom is 0.335 e. The summed E-state index contributed by atoms with van der Waals surface area (Å²) in [6.07, 6.45) is -0.210. The molecule has 0 unspecified atom stereocenters. The highest BCUT2D eigenvalue weighted by atomic mass is 32.2. The average molecular weight is 322 g/mol. The summed E-state index contributed by atoms with van der Waals surface area (Å²) in [5.41, 5.74) is -0.708. The van der Waals surface area contributed by atoms with Gasteiger partial charge in [0, 0.05) is 20.0 Å². The zero-order valence-corrected chi connectivity index (χ0v) is 11.6. The molecule has 1 rings (SSSR count). The minimum Gasteiger partial charge on any atom is -0.478 e. The molecule has 0 aliphatic rings. The van der Waals surface area contributed by atoms with E-state index in [1.165, 1.54) is 7.05 Å². The summed E-state index contributed by atoms with van der Waals surface area (Å²) in [6, 6.07) is 0.879. The monoisotopic (exact) mass is 322 g/mol. The standard InChI is InChI=1S/C11H12F2N2O5S/c1-14-9(16)2-3-15-21(19,20)8-5-6(11(17)18)4-7(12)10(8)13/h4-5,15H,2-3H2,1H3,(H,14,16)(H,17,18). The Balaban J connectivity index is 3.07. The number of nitrogens with one attached hydrogen (secondary N) is 2. The molecule has 3 N–H and O–H groups in total. The first-order valence-corrected chi connectivity index (χ1v) is 7.10. The highest BCUT2D eigenvalue weighted by Crippen LogP contribution is 2.19. The molecule has 0 heterocycles. The van der Waals surface area contributed by atoms with E-state index >= 15 is 0 Å². The fourth-order valence-corrected chi connectivity index (χ4v) is 2.53. The number of hydrogen-bond acceptors (Lipinski definition) is 4. The predicted molar refractivity (Wildman–Crippen MR) is 67.2 cm³/mol. The van der Waals surface area contributed by atoms with Crippen molar-refractivity contribution in [3.05, 3.63) is 29.3 Å². The molecular formula is C11H12F2N2O5S. The summed E-state index contributed by atoms with van der Waals surface area (Å²) in [6.45, 7) is -0.347. The van der Waals surface area contributed by atoms with E-state index in [-0.39, 0.29) is 13.0 Å². The van der Waals surface area contributed by atoms with E-state index in [1.807, 2.05) is 4.72 Å². The van der Waals surface area contributed by atoms with Crippen LogP contribution < -0.4 is 10.0 Å². The van der Waals surface area contributed by atoms with Gasteiger partial charge in [-0.1, -0.05) is 0 Å². The van der Waals surface area contributed by atoms with Crippen LogP contribution in [0.3, 0.4) is 0 Å². The first kappa shape index (κ1) is 17.0. The van der Waals surface area contributed by atoms with Gasteiger partial charge in [0.25, 0.3) is 0 Å². The molecular weight excluding hydrogens is 310 g/mol. The number of hydrogen-bond donors (Lipinski definition) is 3. The Hall–Kier alpha value is -2.07. The normalized spacial score (nSPS) is 11.2. The van der Waals surface area contributed by atoms with Gasteiger partial charge in [-0.15, -0.1) is 0 Å². The van der Waals surface area contributed by atoms with Crippen molar-refractivity contribution in [3.63, 3.8) is 0 Å². The maximum absolute atomic E-state index is 13.5. The first-order chi connectivity index (χ1) is 9.69. The summed E-state index contributed by atoms with van der Waals surface area (Å²) in [5, 5.41) is 11.0. The lowest BCUT2D eigenvalue weighted by atomic mass is 10.2. The molecule has 0 fully saturated rings. The van der Waals surface area contributed by atoms with Gasteiger partial charge in [-0.2, -0.15) is 0 Å². The summed E-state index contributed by atoms with van der Waals surface area (Å²) in [7, 11) is -3.13. The van der Waals surface area contributed by atoms with E-state index in [0.29, 0.717) is 12.1 Å². The molecule has 0 radical (unpaired) electrons. The van der Waals surface area contributed by atoms with Crippen LogP contribution in [0.5, 0.6) is 0 Å². The molecule has 0 aromatic heterocycles. The molecule has 0 saturated carbocycles. The number of aromatic carboxylic acids is 1. The van der Waals surface area contributed by atoms with Crippen LogP contribution in [-0.4, -0.2) is 39.0 Å². The molecule has 0 spiro atoms. The van der Waals surface area contributed by atoms with E-state index in [9.17, 15) is 26.8 Å². The van der Waals surface area contributed by atoms with E-state index in [1.54, 1.807) is 0 Å². The number of rotatable bonds is 6. The minimum atomic E-state index is -4.48. The smallest absolute Gasteiger partial charge is 0.335 e. The van der Waals surface area contributed by atoms with E-state index in [0.717, 1.165) is 0 Å². The second-order valence-corrected chi connectivity index (χ2v) is 5.63. The van der Waals surface area contributed by atoms with Gasteiger partial charge in [0.2, 0.25) is 15.9 Å². The third-order valence-corrected chi connectivity index (χ3v) is 3.91. The van der Waals surface area contributed by atoms with Gasteiger partial charge in [-0.25, -0.2) is 26.7 Å². The highest BCUT2D eigenvalue weighted by molar-refractivity contribution is 7.89. The Morgan fingerprint density at radius 1 is 1.29 bits per heavy atom. The van der Waals surface area contributed by atoms with Crippen LogP contribution in [0.2, 0.25) is 0 Å². The van der Waals surface area contributed by atoms with Crippen LogP contribution in [0.4, 0.5) is 8.78 Å². The fourth-order valence-electron chi connectivity index (χ4n) is 1.38. The average Bonchev–Trinajstić information content (AvgIpc) is 2.40. The fraction of sp³-hybridized carbons (Fsp3) is 0.273. The zero-order chi connectivity index (χ0) is 16.2. The number of halogens is 2. The molecule has 10 heteroatoms. The maximum atomic E-state index is 13.5. The number of amides is 1. The summed E-state index contributed by atoms with van der Waals surface area (Å²) < 4.78 is 52.3. The van der Waals surface area contributed by atoms with Crippen LogP contribution in [0, 0.1) is 11.6 Å². The van der Waals surface area contributed by atoms with Crippen molar-refractivity contribution in [1.82, 2.24) is 10.0 Å². The molecule has 21 heavy (non-hydrogen) atoms. The number of sulfonamides is 1. The molecule has 0 atom stereocenters. The van der Waals surface area contributed by atoms with E-state index < -0.39 is 44.0 Å². The van der Waals surface area contributed by atoms with Crippen molar-refractivity contribution in [3.8, 4) is 0 Å². The number of carboxylic acid groups (broad SMARTS) is 1. The highest BCUT2D eigenvalue weighted by Gasteiger charge is 2.24. The second-order valence-electron chi connectivity index (χ2n) is 3.90. The molecule has 0 aliphatic heterocycles. The van der Waals surface area contributed by atoms with Gasteiger partial charge in [0.15, 0.2) is 11.6 Å². The van der Waals surface area contributed by atoms with Gasteiger partial charge in [0.1, 0.15) is 4.90 Å². The van der Waals surface area contributed by atoms with Crippen molar-refractivity contribution in [2.75, 3.05) is 13.6 Å². The van der Waals surface area contributed by atoms with Crippen molar-refractivity contribution in [1.29, 1.82) is 0 Å². The lowest BCUT2D eigenvalue weighted by molar-refractivity contribution is -0.120. The van der Waals surface area contributed by atoms with Crippen molar-refractivity contribution in [2.45, 2.75) is 11.3 Å². The Kier molecular flexibility index (Phi) is 5.33. The Labute approximate surface area is 119 Å². The number of carbonyl (C=O) groups excluding carboxylic acids is 1. The van der Waals surface area contributed by atoms with Crippen LogP contribution >= 0.6 is 0 Å². The summed E-state index contributed by atoms with van der Waals surface area (Å²) >= 11 is 0. The van der Waals surface area contributed by atoms with E-state index in [2.05, 4.69) is 5.32 Å². The SMILES string of the molecule is CNC(=O)CCNS(=O)(=O)c1cc(C(=O)O)cc(F)c1F. The van der Waals surface area contributed by atoms with Crippen molar-refractivity contribution >= 4 is 21.9 Å². The molecule has 1 aromatic rings. The van der Waals surface area contributed by atoms with Crippen LogP contribution in [0.25, 0.3) is 0 Å². The molecule has 1 amide bonds. The van der Waals surface area contributed by atoms with Crippen molar-refractivity contribution in [2.24, 2.45) is 0 Å². The summed E-state index contributed by atoms with van der Waals surface area (Å²) in [5.74, 6) is -5.34. The van der Waals surface area contributed by atoms with E-state index in [4.69, 9.17) is 5.11 Å². The van der Waals surface area contributed by atoms with Crippen LogP contribution in [0.1, 0.15) is 16.8 Å². The first-order valence-electron chi connectivity index (χ1n) is 5.61. The van der Waals surface area contributed by atoms with Crippen LogP contribution in [0.15, 0.2) is 17.0 Å². The van der Waals surface area contributed by atoms with Gasteiger partial charge in [-0.3, -0.25) is 4.79 Å². The topological polar surface area (TPSA) is 113 Å². The third-order valence-electron chi connectivity index (χ3n) is 2.45. The summed E-state index contributed by atoms with van der Waals surface area (Å²) in [4.78, 5) is 20.5. The lowest BCUT2D eigenvalue weighted by Crippen LogP contribution is -2.30. The Bertz CT molecular complexity index is 675. The molecule has 0 bridgehead atoms. The quantitative estimate of drug-likeness (QED) is 0.686. The van der Waals surface area contributed by atoms with Gasteiger partial charge in [-0.05, 0) is 12.1 Å². The molecule has 1 aromatic carbocycles. The zero-order valence-electron chi connectivity index (χ0n) is 10.8. The van der Waals surface area contributed by atoms with Crippen LogP contribution in [-0.2, 0) is 14.8 Å². The van der Waals surface area contributed by atoms with Gasteiger partial charge >= 0.3 is 5.97 Å². The number of benzene rings is 1. The lowest BCUT2D eigenvalue weighted by Gasteiger charge is -2.09. The number of carbonyl (C=O) groups is 2. The molecule has 0 aliphatic carbocycles. The Morgan fingerprint density at radius 2 is 1.90 bits per heavy atom. The third kappa shape index (κ3) is 4.20. The minimum absolute atomic E-state index is 0.210. The van der Waals surface area contributed by atoms with Crippen molar-refractivity contribution < 1.29 is 31.9 Å². The predicted octanol–water partition coefficient (Wildman–Crippen LogP) is 0.0774. The van der Waals surface area contributed by atoms with Gasteiger partial charge < -0.3 is 10.4 Å².